The summed E-state index contributed by atoms with van der Waals surface area (Å²) < 4.78 is 45.1. The van der Waals surface area contributed by atoms with Crippen molar-refractivity contribution in [2.45, 2.75) is 18.7 Å². The van der Waals surface area contributed by atoms with Crippen molar-refractivity contribution in [3.05, 3.63) is 87.8 Å². The van der Waals surface area contributed by atoms with E-state index in [4.69, 9.17) is 10.5 Å². The van der Waals surface area contributed by atoms with Crippen LogP contribution in [-0.2, 0) is 15.7 Å². The van der Waals surface area contributed by atoms with E-state index < -0.39 is 47.2 Å². The highest BCUT2D eigenvalue weighted by molar-refractivity contribution is 5.95. The van der Waals surface area contributed by atoms with Crippen LogP contribution in [-0.4, -0.2) is 51.7 Å². The molecular weight excluding hydrogens is 481 g/mol. The van der Waals surface area contributed by atoms with E-state index in [0.29, 0.717) is 16.3 Å². The molecule has 3 N–H and O–H groups in total. The zero-order valence-electron chi connectivity index (χ0n) is 18.7. The quantitative estimate of drug-likeness (QED) is 0.501. The topological polar surface area (TPSA) is 127 Å². The normalized spacial score (nSPS) is 17.7. The Hall–Kier alpha value is -4.35. The Kier molecular flexibility index (Phi) is 6.69. The second-order valence-electron chi connectivity index (χ2n) is 8.34. The highest BCUT2D eigenvalue weighted by Gasteiger charge is 2.39. The number of carbonyl (C=O) groups excluding carboxylic acids is 3. The van der Waals surface area contributed by atoms with Gasteiger partial charge in [-0.05, 0) is 30.3 Å². The van der Waals surface area contributed by atoms with Crippen molar-refractivity contribution in [3.63, 3.8) is 0 Å². The lowest BCUT2D eigenvalue weighted by atomic mass is 10.0. The van der Waals surface area contributed by atoms with E-state index in [2.05, 4.69) is 0 Å². The van der Waals surface area contributed by atoms with E-state index in [1.807, 2.05) is 5.10 Å². The Morgan fingerprint density at radius 3 is 2.33 bits per heavy atom. The maximum atomic E-state index is 13.2. The lowest BCUT2D eigenvalue weighted by Crippen LogP contribution is -2.31. The monoisotopic (exact) mass is 502 g/mol. The molecule has 1 aliphatic heterocycles. The molecule has 1 fully saturated rings. The minimum absolute atomic E-state index is 0.0136. The second-order valence-corrected chi connectivity index (χ2v) is 8.34. The molecule has 2 atom stereocenters. The fraction of sp³-hybridized carbons (Fsp3) is 0.250. The summed E-state index contributed by atoms with van der Waals surface area (Å²) in [6, 6.07) is 14.2. The third-order valence-corrected chi connectivity index (χ3v) is 5.78. The number of aromatic nitrogens is 2. The molecule has 0 bridgehead atoms. The first-order valence-electron chi connectivity index (χ1n) is 10.9. The largest absolute Gasteiger partial charge is 0.457 e. The summed E-state index contributed by atoms with van der Waals surface area (Å²) in [5, 5.41) is 1.99. The van der Waals surface area contributed by atoms with Gasteiger partial charge in [0.1, 0.15) is 11.8 Å². The van der Waals surface area contributed by atoms with Crippen molar-refractivity contribution in [1.82, 2.24) is 14.7 Å². The maximum Gasteiger partial charge on any atom is 0.432 e. The average Bonchev–Trinajstić information content (AvgIpc) is 3.42. The zero-order chi connectivity index (χ0) is 26.0. The molecule has 0 spiro atoms. The van der Waals surface area contributed by atoms with Crippen LogP contribution in [0.25, 0.3) is 5.69 Å². The summed E-state index contributed by atoms with van der Waals surface area (Å²) >= 11 is 0. The molecule has 1 aromatic heterocycles. The van der Waals surface area contributed by atoms with Gasteiger partial charge in [0, 0.05) is 30.5 Å². The molecule has 9 nitrogen and oxygen atoms in total. The summed E-state index contributed by atoms with van der Waals surface area (Å²) in [4.78, 5) is 50.7. The van der Waals surface area contributed by atoms with Crippen LogP contribution >= 0.6 is 0 Å². The van der Waals surface area contributed by atoms with Crippen LogP contribution < -0.4 is 11.3 Å². The molecule has 2 aromatic carbocycles. The number of nitrogens with one attached hydrogen (secondary N) is 1. The number of esters is 1. The van der Waals surface area contributed by atoms with Crippen LogP contribution in [0.2, 0.25) is 0 Å². The van der Waals surface area contributed by atoms with Crippen molar-refractivity contribution in [1.29, 1.82) is 0 Å². The number of aromatic amines is 1. The van der Waals surface area contributed by atoms with E-state index in [1.165, 1.54) is 29.2 Å². The van der Waals surface area contributed by atoms with Crippen molar-refractivity contribution < 1.29 is 32.3 Å². The van der Waals surface area contributed by atoms with Gasteiger partial charge in [-0.1, -0.05) is 24.3 Å². The van der Waals surface area contributed by atoms with Crippen LogP contribution in [0.5, 0.6) is 0 Å². The third-order valence-electron chi connectivity index (χ3n) is 5.78. The Morgan fingerprint density at radius 1 is 1.00 bits per heavy atom. The first kappa shape index (κ1) is 24.8. The minimum atomic E-state index is -4.74. The van der Waals surface area contributed by atoms with Gasteiger partial charge in [-0.2, -0.15) is 13.2 Å². The molecule has 1 saturated heterocycles. The Bertz CT molecular complexity index is 1350. The van der Waals surface area contributed by atoms with E-state index in [-0.39, 0.29) is 30.8 Å². The number of ether oxygens (including phenoxy) is 1. The molecule has 36 heavy (non-hydrogen) atoms. The first-order valence-corrected chi connectivity index (χ1v) is 10.9. The summed E-state index contributed by atoms with van der Waals surface area (Å²) in [5.41, 5.74) is 3.61. The Labute approximate surface area is 202 Å². The number of nitrogens with two attached hydrogens (primary N) is 1. The van der Waals surface area contributed by atoms with Crippen LogP contribution in [0, 0.1) is 5.92 Å². The highest BCUT2D eigenvalue weighted by atomic mass is 19.4. The fourth-order valence-electron chi connectivity index (χ4n) is 4.07. The predicted molar refractivity (Wildman–Crippen MR) is 120 cm³/mol. The molecule has 12 heteroatoms. The van der Waals surface area contributed by atoms with Gasteiger partial charge < -0.3 is 15.4 Å². The molecule has 0 saturated carbocycles. The van der Waals surface area contributed by atoms with Crippen molar-refractivity contribution in [2.24, 2.45) is 11.7 Å². The number of primary amides is 1. The average molecular weight is 502 g/mol. The number of halogens is 3. The zero-order valence-corrected chi connectivity index (χ0v) is 18.7. The van der Waals surface area contributed by atoms with Gasteiger partial charge in [0.15, 0.2) is 0 Å². The van der Waals surface area contributed by atoms with E-state index in [1.54, 1.807) is 30.3 Å². The minimum Gasteiger partial charge on any atom is -0.457 e. The molecule has 4 rings (SSSR count). The smallest absolute Gasteiger partial charge is 0.432 e. The molecule has 0 unspecified atom stereocenters. The van der Waals surface area contributed by atoms with Crippen LogP contribution in [0.3, 0.4) is 0 Å². The van der Waals surface area contributed by atoms with Crippen LogP contribution in [0.1, 0.15) is 32.8 Å². The summed E-state index contributed by atoms with van der Waals surface area (Å²) in [5.74, 6) is -2.29. The Morgan fingerprint density at radius 2 is 1.69 bits per heavy atom. The fourth-order valence-corrected chi connectivity index (χ4v) is 4.07. The lowest BCUT2D eigenvalue weighted by Gasteiger charge is -2.18. The molecule has 0 radical (unpaired) electrons. The Balaban J connectivity index is 1.55. The predicted octanol–water partition coefficient (Wildman–Crippen LogP) is 2.36. The molecular formula is C24H21F3N4O5. The summed E-state index contributed by atoms with van der Waals surface area (Å²) in [6.07, 6.45) is -5.65. The van der Waals surface area contributed by atoms with Crippen molar-refractivity contribution in [2.75, 3.05) is 13.1 Å². The van der Waals surface area contributed by atoms with E-state index >= 15 is 0 Å². The van der Waals surface area contributed by atoms with Gasteiger partial charge in [-0.3, -0.25) is 19.5 Å². The molecule has 1 aliphatic rings. The number of alkyl halides is 3. The van der Waals surface area contributed by atoms with Crippen molar-refractivity contribution >= 4 is 17.8 Å². The van der Waals surface area contributed by atoms with E-state index in [9.17, 15) is 32.3 Å². The maximum absolute atomic E-state index is 13.2. The number of amides is 2. The highest BCUT2D eigenvalue weighted by Crippen LogP contribution is 2.28. The number of benzene rings is 2. The van der Waals surface area contributed by atoms with E-state index in [0.717, 1.165) is 0 Å². The number of carbonyl (C=O) groups is 3. The SMILES string of the molecule is NC(=O)C[C@H]1CN(C(=O)c2cccc(-n3[nH]c(C(F)(F)F)cc3=O)c2)C[C@H]1OC(=O)c1ccccc1. The standard InChI is InChI=1S/C24H21F3N4O5/c25-24(26,27)19-11-21(33)31(29-19)17-8-4-7-15(9-17)22(34)30-12-16(10-20(28)32)18(13-30)36-23(35)14-5-2-1-3-6-14/h1-9,11,16,18,29H,10,12-13H2,(H2,28,32)/t16-,18+/m0/s1. The van der Waals surface area contributed by atoms with Gasteiger partial charge in [0.25, 0.3) is 11.5 Å². The van der Waals surface area contributed by atoms with Crippen LogP contribution in [0.4, 0.5) is 13.2 Å². The number of nitrogens with zero attached hydrogens (tertiary/aromatic N) is 2. The lowest BCUT2D eigenvalue weighted by molar-refractivity contribution is -0.141. The molecule has 188 valence electrons. The molecule has 0 aliphatic carbocycles. The molecule has 2 heterocycles. The number of likely N-dealkylation sites (tertiary alicyclic amines) is 1. The van der Waals surface area contributed by atoms with Gasteiger partial charge in [0.2, 0.25) is 5.91 Å². The first-order chi connectivity index (χ1) is 17.0. The molecule has 3 aromatic rings. The van der Waals surface area contributed by atoms with Crippen molar-refractivity contribution in [3.8, 4) is 5.69 Å². The van der Waals surface area contributed by atoms with Gasteiger partial charge in [-0.25, -0.2) is 9.48 Å². The summed E-state index contributed by atoms with van der Waals surface area (Å²) in [7, 11) is 0. The van der Waals surface area contributed by atoms with Gasteiger partial charge in [-0.15, -0.1) is 0 Å². The van der Waals surface area contributed by atoms with Gasteiger partial charge in [0.05, 0.1) is 17.8 Å². The van der Waals surface area contributed by atoms with Gasteiger partial charge >= 0.3 is 12.1 Å². The van der Waals surface area contributed by atoms with Crippen LogP contribution in [0.15, 0.2) is 65.5 Å². The second kappa shape index (κ2) is 9.72. The number of H-pyrrole nitrogens is 1. The number of rotatable bonds is 6. The summed E-state index contributed by atoms with van der Waals surface area (Å²) in [6.45, 7) is 0.0552. The third kappa shape index (κ3) is 5.32. The molecule has 2 amide bonds. The number of hydrogen-bond donors (Lipinski definition) is 2. The number of hydrogen-bond acceptors (Lipinski definition) is 5.